The summed E-state index contributed by atoms with van der Waals surface area (Å²) in [6.07, 6.45) is 3.80. The lowest BCUT2D eigenvalue weighted by atomic mass is 9.77. The van der Waals surface area contributed by atoms with Crippen LogP contribution in [0.4, 0.5) is 0 Å². The Kier molecular flexibility index (Phi) is 6.59. The maximum absolute atomic E-state index is 13.2. The van der Waals surface area contributed by atoms with Gasteiger partial charge in [-0.1, -0.05) is 47.5 Å². The van der Waals surface area contributed by atoms with E-state index in [4.69, 9.17) is 27.9 Å². The van der Waals surface area contributed by atoms with Gasteiger partial charge >= 0.3 is 5.97 Å². The number of esters is 1. The molecule has 1 saturated carbocycles. The molecule has 2 fully saturated rings. The summed E-state index contributed by atoms with van der Waals surface area (Å²) in [5.74, 6) is -0.897. The van der Waals surface area contributed by atoms with E-state index in [1.54, 1.807) is 12.1 Å². The summed E-state index contributed by atoms with van der Waals surface area (Å²) in [6, 6.07) is 12.0. The van der Waals surface area contributed by atoms with Crippen LogP contribution in [0.15, 0.2) is 47.4 Å². The molecule has 2 aromatic carbocycles. The van der Waals surface area contributed by atoms with Gasteiger partial charge in [0.05, 0.1) is 21.5 Å². The van der Waals surface area contributed by atoms with Crippen LogP contribution in [0.5, 0.6) is 0 Å². The molecule has 0 radical (unpaired) electrons. The number of hydrogen-bond donors (Lipinski definition) is 1. The third kappa shape index (κ3) is 4.46. The standard InChI is InChI=1S/C25H26Cl2N2O5S/c26-20-8-3-9-21(27)22(20)35(32,33)29-14-4-5-16(15-29)23(30)28-17-10-12-25(13-11-17)19-7-2-1-6-18(19)24(31)34-25/h1-3,6-9,16-17H,4-5,10-15H2,(H,28,30)/t16-,17?,25?/m0/s1. The predicted octanol–water partition coefficient (Wildman–Crippen LogP) is 4.52. The van der Waals surface area contributed by atoms with Crippen LogP contribution in [0.2, 0.25) is 10.0 Å². The molecule has 1 spiro atoms. The van der Waals surface area contributed by atoms with E-state index in [0.29, 0.717) is 50.6 Å². The monoisotopic (exact) mass is 536 g/mol. The number of amides is 1. The van der Waals surface area contributed by atoms with Crippen LogP contribution in [0.3, 0.4) is 0 Å². The second-order valence-electron chi connectivity index (χ2n) is 9.47. The molecule has 10 heteroatoms. The molecular formula is C25H26Cl2N2O5S. The van der Waals surface area contributed by atoms with Gasteiger partial charge in [-0.05, 0) is 56.7 Å². The van der Waals surface area contributed by atoms with Crippen LogP contribution >= 0.6 is 23.2 Å². The Labute approximate surface area is 214 Å². The molecule has 1 amide bonds. The molecule has 0 bridgehead atoms. The van der Waals surface area contributed by atoms with E-state index in [-0.39, 0.29) is 39.4 Å². The fraction of sp³-hybridized carbons (Fsp3) is 0.440. The second-order valence-corrected chi connectivity index (χ2v) is 12.2. The SMILES string of the molecule is O=C1OC2(CCC(NC(=O)[C@H]3CCCN(S(=O)(=O)c4c(Cl)cccc4Cl)C3)CC2)c2ccccc21. The number of piperidine rings is 1. The lowest BCUT2D eigenvalue weighted by Crippen LogP contribution is -2.49. The van der Waals surface area contributed by atoms with Gasteiger partial charge in [0.2, 0.25) is 15.9 Å². The Morgan fingerprint density at radius 3 is 2.43 bits per heavy atom. The highest BCUT2D eigenvalue weighted by Gasteiger charge is 2.47. The summed E-state index contributed by atoms with van der Waals surface area (Å²) in [6.45, 7) is 0.391. The summed E-state index contributed by atoms with van der Waals surface area (Å²) in [5, 5.41) is 3.24. The van der Waals surface area contributed by atoms with Crippen LogP contribution in [0, 0.1) is 5.92 Å². The first kappa shape index (κ1) is 24.6. The largest absolute Gasteiger partial charge is 0.451 e. The van der Waals surface area contributed by atoms with Crippen molar-refractivity contribution in [2.24, 2.45) is 5.92 Å². The molecular weight excluding hydrogens is 511 g/mol. The molecule has 1 N–H and O–H groups in total. The number of carbonyl (C=O) groups excluding carboxylic acids is 2. The van der Waals surface area contributed by atoms with Crippen molar-refractivity contribution in [2.75, 3.05) is 13.1 Å². The summed E-state index contributed by atoms with van der Waals surface area (Å²) in [4.78, 5) is 25.3. The van der Waals surface area contributed by atoms with Gasteiger partial charge in [0.25, 0.3) is 0 Å². The molecule has 2 heterocycles. The number of hydrogen-bond acceptors (Lipinski definition) is 5. The number of sulfonamides is 1. The minimum atomic E-state index is -3.93. The fourth-order valence-electron chi connectivity index (χ4n) is 5.50. The molecule has 2 aromatic rings. The normalized spacial score (nSPS) is 26.9. The number of nitrogens with zero attached hydrogens (tertiary/aromatic N) is 1. The zero-order valence-corrected chi connectivity index (χ0v) is 21.3. The van der Waals surface area contributed by atoms with Crippen LogP contribution in [0.1, 0.15) is 54.4 Å². The van der Waals surface area contributed by atoms with Crippen molar-refractivity contribution in [3.8, 4) is 0 Å². The third-order valence-corrected chi connectivity index (χ3v) is 10.2. The number of ether oxygens (including phenoxy) is 1. The van der Waals surface area contributed by atoms with Crippen molar-refractivity contribution in [3.05, 3.63) is 63.6 Å². The van der Waals surface area contributed by atoms with Crippen molar-refractivity contribution in [1.29, 1.82) is 0 Å². The van der Waals surface area contributed by atoms with E-state index in [0.717, 1.165) is 5.56 Å². The van der Waals surface area contributed by atoms with Crippen LogP contribution in [-0.4, -0.2) is 43.7 Å². The average Bonchev–Trinajstić information content (AvgIpc) is 3.12. The van der Waals surface area contributed by atoms with Gasteiger partial charge < -0.3 is 10.1 Å². The predicted molar refractivity (Wildman–Crippen MR) is 132 cm³/mol. The molecule has 35 heavy (non-hydrogen) atoms. The van der Waals surface area contributed by atoms with Crippen LogP contribution in [-0.2, 0) is 25.2 Å². The van der Waals surface area contributed by atoms with Crippen molar-refractivity contribution < 1.29 is 22.7 Å². The Balaban J connectivity index is 1.23. The van der Waals surface area contributed by atoms with E-state index >= 15 is 0 Å². The topological polar surface area (TPSA) is 92.8 Å². The van der Waals surface area contributed by atoms with Gasteiger partial charge in [-0.2, -0.15) is 4.31 Å². The Morgan fingerprint density at radius 2 is 1.71 bits per heavy atom. The minimum absolute atomic E-state index is 0.0513. The van der Waals surface area contributed by atoms with Crippen molar-refractivity contribution >= 4 is 45.1 Å². The molecule has 1 atom stereocenters. The van der Waals surface area contributed by atoms with Gasteiger partial charge in [0.1, 0.15) is 10.5 Å². The Morgan fingerprint density at radius 1 is 1.03 bits per heavy atom. The van der Waals surface area contributed by atoms with Gasteiger partial charge in [-0.25, -0.2) is 13.2 Å². The summed E-state index contributed by atoms with van der Waals surface area (Å²) < 4.78 is 33.6. The first-order valence-corrected chi connectivity index (χ1v) is 14.0. The average molecular weight is 537 g/mol. The number of halogens is 2. The van der Waals surface area contributed by atoms with E-state index in [9.17, 15) is 18.0 Å². The zero-order valence-electron chi connectivity index (χ0n) is 19.0. The van der Waals surface area contributed by atoms with E-state index < -0.39 is 21.5 Å². The lowest BCUT2D eigenvalue weighted by Gasteiger charge is -2.38. The number of rotatable bonds is 4. The number of nitrogens with one attached hydrogen (secondary N) is 1. The highest BCUT2D eigenvalue weighted by Crippen LogP contribution is 2.46. The number of carbonyl (C=O) groups is 2. The maximum Gasteiger partial charge on any atom is 0.339 e. The number of fused-ring (bicyclic) bond motifs is 2. The summed E-state index contributed by atoms with van der Waals surface area (Å²) in [5.41, 5.74) is 0.942. The highest BCUT2D eigenvalue weighted by atomic mass is 35.5. The van der Waals surface area contributed by atoms with Gasteiger partial charge in [-0.15, -0.1) is 0 Å². The quantitative estimate of drug-likeness (QED) is 0.580. The summed E-state index contributed by atoms with van der Waals surface area (Å²) >= 11 is 12.3. The van der Waals surface area contributed by atoms with Crippen LogP contribution < -0.4 is 5.32 Å². The summed E-state index contributed by atoms with van der Waals surface area (Å²) in [7, 11) is -3.93. The van der Waals surface area contributed by atoms with E-state index in [1.165, 1.54) is 16.4 Å². The molecule has 2 aliphatic heterocycles. The molecule has 1 saturated heterocycles. The van der Waals surface area contributed by atoms with E-state index in [2.05, 4.69) is 5.32 Å². The first-order chi connectivity index (χ1) is 16.7. The minimum Gasteiger partial charge on any atom is -0.451 e. The van der Waals surface area contributed by atoms with Crippen molar-refractivity contribution in [1.82, 2.24) is 9.62 Å². The Bertz CT molecular complexity index is 1250. The van der Waals surface area contributed by atoms with Gasteiger partial charge in [0.15, 0.2) is 0 Å². The maximum atomic E-state index is 13.2. The smallest absolute Gasteiger partial charge is 0.339 e. The van der Waals surface area contributed by atoms with Crippen LogP contribution in [0.25, 0.3) is 0 Å². The molecule has 5 rings (SSSR count). The molecule has 3 aliphatic rings. The number of benzene rings is 2. The second kappa shape index (κ2) is 9.39. The Hall–Kier alpha value is -2.13. The zero-order chi connectivity index (χ0) is 24.8. The lowest BCUT2D eigenvalue weighted by molar-refractivity contribution is -0.127. The molecule has 186 valence electrons. The molecule has 0 aromatic heterocycles. The first-order valence-electron chi connectivity index (χ1n) is 11.8. The van der Waals surface area contributed by atoms with Crippen molar-refractivity contribution in [3.63, 3.8) is 0 Å². The van der Waals surface area contributed by atoms with Crippen molar-refractivity contribution in [2.45, 2.75) is 55.1 Å². The highest BCUT2D eigenvalue weighted by molar-refractivity contribution is 7.89. The molecule has 7 nitrogen and oxygen atoms in total. The third-order valence-electron chi connectivity index (χ3n) is 7.34. The van der Waals surface area contributed by atoms with Gasteiger partial charge in [0, 0.05) is 24.7 Å². The molecule has 0 unspecified atom stereocenters. The molecule has 1 aliphatic carbocycles. The van der Waals surface area contributed by atoms with Gasteiger partial charge in [-0.3, -0.25) is 4.79 Å². The fourth-order valence-corrected chi connectivity index (χ4v) is 8.11. The van der Waals surface area contributed by atoms with E-state index in [1.807, 2.05) is 18.2 Å².